The van der Waals surface area contributed by atoms with Crippen LogP contribution in [-0.4, -0.2) is 14.7 Å². The third-order valence-corrected chi connectivity index (χ3v) is 1.96. The van der Waals surface area contributed by atoms with E-state index >= 15 is 0 Å². The fourth-order valence-corrected chi connectivity index (χ4v) is 1.31. The first-order valence-electron chi connectivity index (χ1n) is 4.80. The van der Waals surface area contributed by atoms with Crippen LogP contribution in [0.1, 0.15) is 25.1 Å². The highest BCUT2D eigenvalue weighted by Gasteiger charge is 2.04. The molecule has 4 heteroatoms. The second-order valence-electron chi connectivity index (χ2n) is 3.21. The summed E-state index contributed by atoms with van der Waals surface area (Å²) in [5, 5.41) is 3.90. The van der Waals surface area contributed by atoms with Crippen molar-refractivity contribution in [3.05, 3.63) is 36.2 Å². The van der Waals surface area contributed by atoms with Crippen LogP contribution in [0.25, 0.3) is 0 Å². The molecule has 74 valence electrons. The largest absolute Gasteiger partial charge is 0.347 e. The molecule has 0 aliphatic heterocycles. The van der Waals surface area contributed by atoms with Crippen molar-refractivity contribution in [1.82, 2.24) is 14.7 Å². The molecule has 0 aliphatic carbocycles. The monoisotopic (exact) mass is 191 g/mol. The van der Waals surface area contributed by atoms with Gasteiger partial charge in [-0.25, -0.2) is 0 Å². The molecule has 2 aromatic rings. The van der Waals surface area contributed by atoms with Crippen LogP contribution in [0.2, 0.25) is 0 Å². The molecule has 2 heterocycles. The molecule has 0 radical (unpaired) electrons. The Morgan fingerprint density at radius 1 is 1.36 bits per heavy atom. The zero-order valence-corrected chi connectivity index (χ0v) is 8.18. The van der Waals surface area contributed by atoms with E-state index in [1.54, 1.807) is 0 Å². The Kier molecular flexibility index (Phi) is 2.62. The Labute approximate surface area is 82.6 Å². The highest BCUT2D eigenvalue weighted by molar-refractivity contribution is 4.95. The summed E-state index contributed by atoms with van der Waals surface area (Å²) in [7, 11) is 0. The maximum atomic E-state index is 5.08. The standard InChI is InChI=1S/C10H13N3O/c1-2-5-10-11-9(12-14-10)8-13-6-3-4-7-13/h3-4,6-7H,2,5,8H2,1H3. The smallest absolute Gasteiger partial charge is 0.226 e. The molecule has 14 heavy (non-hydrogen) atoms. The van der Waals surface area contributed by atoms with Crippen LogP contribution >= 0.6 is 0 Å². The lowest BCUT2D eigenvalue weighted by Crippen LogP contribution is -1.98. The molecular formula is C10H13N3O. The van der Waals surface area contributed by atoms with Crippen molar-refractivity contribution in [2.75, 3.05) is 0 Å². The highest BCUT2D eigenvalue weighted by atomic mass is 16.5. The Morgan fingerprint density at radius 3 is 2.86 bits per heavy atom. The lowest BCUT2D eigenvalue weighted by atomic mass is 10.3. The molecule has 0 N–H and O–H groups in total. The summed E-state index contributed by atoms with van der Waals surface area (Å²) in [6.45, 7) is 2.77. The highest BCUT2D eigenvalue weighted by Crippen LogP contribution is 2.02. The van der Waals surface area contributed by atoms with E-state index in [0.717, 1.165) is 24.6 Å². The van der Waals surface area contributed by atoms with E-state index in [0.29, 0.717) is 6.54 Å². The Bertz CT molecular complexity index is 378. The molecule has 0 saturated heterocycles. The number of hydrogen-bond donors (Lipinski definition) is 0. The van der Waals surface area contributed by atoms with Gasteiger partial charge in [0.1, 0.15) is 0 Å². The van der Waals surface area contributed by atoms with Crippen LogP contribution in [0.5, 0.6) is 0 Å². The molecular weight excluding hydrogens is 178 g/mol. The lowest BCUT2D eigenvalue weighted by molar-refractivity contribution is 0.371. The van der Waals surface area contributed by atoms with Crippen molar-refractivity contribution in [3.8, 4) is 0 Å². The van der Waals surface area contributed by atoms with E-state index in [9.17, 15) is 0 Å². The van der Waals surface area contributed by atoms with Gasteiger partial charge < -0.3 is 9.09 Å². The van der Waals surface area contributed by atoms with Gasteiger partial charge in [0, 0.05) is 18.8 Å². The van der Waals surface area contributed by atoms with Gasteiger partial charge in [0.25, 0.3) is 0 Å². The van der Waals surface area contributed by atoms with Crippen molar-refractivity contribution < 1.29 is 4.52 Å². The van der Waals surface area contributed by atoms with E-state index in [2.05, 4.69) is 17.1 Å². The summed E-state index contributed by atoms with van der Waals surface area (Å²) in [4.78, 5) is 4.28. The van der Waals surface area contributed by atoms with E-state index in [1.807, 2.05) is 29.1 Å². The van der Waals surface area contributed by atoms with E-state index in [1.165, 1.54) is 0 Å². The van der Waals surface area contributed by atoms with E-state index in [-0.39, 0.29) is 0 Å². The van der Waals surface area contributed by atoms with Crippen molar-refractivity contribution in [2.24, 2.45) is 0 Å². The van der Waals surface area contributed by atoms with Gasteiger partial charge in [-0.3, -0.25) is 0 Å². The van der Waals surface area contributed by atoms with E-state index in [4.69, 9.17) is 4.52 Å². The first-order valence-corrected chi connectivity index (χ1v) is 4.80. The van der Waals surface area contributed by atoms with Crippen LogP contribution < -0.4 is 0 Å². The maximum Gasteiger partial charge on any atom is 0.226 e. The maximum absolute atomic E-state index is 5.08. The molecule has 4 nitrogen and oxygen atoms in total. The zero-order chi connectivity index (χ0) is 9.80. The van der Waals surface area contributed by atoms with Crippen LogP contribution in [0, 0.1) is 0 Å². The van der Waals surface area contributed by atoms with Crippen molar-refractivity contribution in [1.29, 1.82) is 0 Å². The number of rotatable bonds is 4. The Morgan fingerprint density at radius 2 is 2.14 bits per heavy atom. The molecule has 0 fully saturated rings. The summed E-state index contributed by atoms with van der Waals surface area (Å²) in [5.41, 5.74) is 0. The van der Waals surface area contributed by atoms with Crippen LogP contribution in [0.3, 0.4) is 0 Å². The summed E-state index contributed by atoms with van der Waals surface area (Å²) in [6, 6.07) is 3.96. The fraction of sp³-hybridized carbons (Fsp3) is 0.400. The topological polar surface area (TPSA) is 43.9 Å². The normalized spacial score (nSPS) is 10.6. The van der Waals surface area contributed by atoms with Gasteiger partial charge in [0.15, 0.2) is 5.82 Å². The minimum atomic E-state index is 0.681. The molecule has 0 aliphatic rings. The summed E-state index contributed by atoms with van der Waals surface area (Å²) >= 11 is 0. The van der Waals surface area contributed by atoms with E-state index < -0.39 is 0 Å². The summed E-state index contributed by atoms with van der Waals surface area (Å²) in [6.07, 6.45) is 5.86. The van der Waals surface area contributed by atoms with Crippen LogP contribution in [-0.2, 0) is 13.0 Å². The van der Waals surface area contributed by atoms with Gasteiger partial charge in [-0.15, -0.1) is 0 Å². The predicted octanol–water partition coefficient (Wildman–Crippen LogP) is 1.87. The number of hydrogen-bond acceptors (Lipinski definition) is 3. The molecule has 0 unspecified atom stereocenters. The average molecular weight is 191 g/mol. The number of aromatic nitrogens is 3. The molecule has 0 amide bonds. The summed E-state index contributed by atoms with van der Waals surface area (Å²) < 4.78 is 7.09. The number of aryl methyl sites for hydroxylation is 1. The van der Waals surface area contributed by atoms with Crippen LogP contribution in [0.15, 0.2) is 29.0 Å². The third-order valence-electron chi connectivity index (χ3n) is 1.96. The molecule has 0 bridgehead atoms. The summed E-state index contributed by atoms with van der Waals surface area (Å²) in [5.74, 6) is 1.47. The minimum absolute atomic E-state index is 0.681. The Hall–Kier alpha value is -1.58. The van der Waals surface area contributed by atoms with Crippen molar-refractivity contribution in [3.63, 3.8) is 0 Å². The van der Waals surface area contributed by atoms with Gasteiger partial charge >= 0.3 is 0 Å². The average Bonchev–Trinajstić information content (AvgIpc) is 2.79. The second-order valence-corrected chi connectivity index (χ2v) is 3.21. The van der Waals surface area contributed by atoms with Gasteiger partial charge in [0.2, 0.25) is 5.89 Å². The van der Waals surface area contributed by atoms with Gasteiger partial charge in [-0.2, -0.15) is 4.98 Å². The molecule has 0 saturated carbocycles. The second kappa shape index (κ2) is 4.09. The first kappa shape index (κ1) is 8.99. The SMILES string of the molecule is CCCc1nc(Cn2cccc2)no1. The zero-order valence-electron chi connectivity index (χ0n) is 8.18. The third kappa shape index (κ3) is 2.02. The lowest BCUT2D eigenvalue weighted by Gasteiger charge is -1.94. The predicted molar refractivity (Wildman–Crippen MR) is 51.8 cm³/mol. The van der Waals surface area contributed by atoms with Crippen LogP contribution in [0.4, 0.5) is 0 Å². The number of nitrogens with zero attached hydrogens (tertiary/aromatic N) is 3. The molecule has 0 atom stereocenters. The van der Waals surface area contributed by atoms with Crippen molar-refractivity contribution in [2.45, 2.75) is 26.3 Å². The van der Waals surface area contributed by atoms with Gasteiger partial charge in [-0.1, -0.05) is 12.1 Å². The minimum Gasteiger partial charge on any atom is -0.347 e. The fourth-order valence-electron chi connectivity index (χ4n) is 1.31. The Balaban J connectivity index is 2.03. The van der Waals surface area contributed by atoms with Gasteiger partial charge in [0.05, 0.1) is 6.54 Å². The molecule has 0 spiro atoms. The van der Waals surface area contributed by atoms with Gasteiger partial charge in [-0.05, 0) is 18.6 Å². The molecule has 0 aromatic carbocycles. The first-order chi connectivity index (χ1) is 6.88. The quantitative estimate of drug-likeness (QED) is 0.741. The van der Waals surface area contributed by atoms with Crippen molar-refractivity contribution >= 4 is 0 Å². The molecule has 2 aromatic heterocycles. The molecule has 2 rings (SSSR count).